The van der Waals surface area contributed by atoms with Crippen LogP contribution in [0.2, 0.25) is 5.02 Å². The Hall–Kier alpha value is -1.62. The number of benzene rings is 1. The number of likely N-dealkylation sites (tertiary alicyclic amines) is 1. The zero-order valence-corrected chi connectivity index (χ0v) is 12.0. The van der Waals surface area contributed by atoms with Gasteiger partial charge in [0.25, 0.3) is 0 Å². The highest BCUT2D eigenvalue weighted by molar-refractivity contribution is 6.30. The van der Waals surface area contributed by atoms with Crippen LogP contribution in [0.3, 0.4) is 0 Å². The van der Waals surface area contributed by atoms with Crippen molar-refractivity contribution in [3.8, 4) is 0 Å². The average Bonchev–Trinajstić information content (AvgIpc) is 3.15. The molecule has 1 amide bonds. The van der Waals surface area contributed by atoms with Gasteiger partial charge in [-0.2, -0.15) is 0 Å². The number of carboxylic acids is 1. The lowest BCUT2D eigenvalue weighted by molar-refractivity contribution is -0.149. The van der Waals surface area contributed by atoms with E-state index in [-0.39, 0.29) is 18.9 Å². The maximum Gasteiger partial charge on any atom is 0.326 e. The van der Waals surface area contributed by atoms with Crippen molar-refractivity contribution in [2.75, 3.05) is 6.54 Å². The molecule has 21 heavy (non-hydrogen) atoms. The summed E-state index contributed by atoms with van der Waals surface area (Å²) in [5.74, 6) is -1.42. The highest BCUT2D eigenvalue weighted by atomic mass is 35.5. The topological polar surface area (TPSA) is 57.6 Å². The number of hydrogen-bond acceptors (Lipinski definition) is 2. The first-order valence-electron chi connectivity index (χ1n) is 6.88. The van der Waals surface area contributed by atoms with Crippen LogP contribution in [0, 0.1) is 0 Å². The predicted molar refractivity (Wildman–Crippen MR) is 75.0 cm³/mol. The summed E-state index contributed by atoms with van der Waals surface area (Å²) in [5.41, 5.74) is 0.130. The summed E-state index contributed by atoms with van der Waals surface area (Å²) in [6.45, 7) is -0.134. The summed E-state index contributed by atoms with van der Waals surface area (Å²) in [7, 11) is 0. The van der Waals surface area contributed by atoms with Crippen molar-refractivity contribution < 1.29 is 19.1 Å². The number of halogens is 2. The van der Waals surface area contributed by atoms with Crippen molar-refractivity contribution in [1.82, 2.24) is 4.90 Å². The fourth-order valence-electron chi connectivity index (χ4n) is 3.04. The van der Waals surface area contributed by atoms with Gasteiger partial charge in [0.15, 0.2) is 0 Å². The number of aliphatic carboxylic acids is 1. The summed E-state index contributed by atoms with van der Waals surface area (Å²) < 4.78 is 13.5. The van der Waals surface area contributed by atoms with Crippen molar-refractivity contribution in [2.24, 2.45) is 0 Å². The Morgan fingerprint density at radius 1 is 1.29 bits per heavy atom. The third kappa shape index (κ3) is 2.39. The summed E-state index contributed by atoms with van der Waals surface area (Å²) in [6, 6.07) is 5.93. The van der Waals surface area contributed by atoms with Crippen LogP contribution in [0.1, 0.15) is 24.8 Å². The molecule has 0 aromatic heterocycles. The van der Waals surface area contributed by atoms with Crippen LogP contribution in [0.4, 0.5) is 4.39 Å². The molecule has 1 saturated carbocycles. The molecule has 1 saturated heterocycles. The lowest BCUT2D eigenvalue weighted by Crippen LogP contribution is -2.45. The predicted octanol–water partition coefficient (Wildman–Crippen LogP) is 2.40. The normalized spacial score (nSPS) is 26.7. The molecule has 0 spiro atoms. The summed E-state index contributed by atoms with van der Waals surface area (Å²) in [6.07, 6.45) is -0.0748. The standard InChI is InChI=1S/C15H15ClFNO3/c16-10-3-1-9(2-4-10)15(5-6-15)14(21)18-8-11(17)7-12(18)13(19)20/h1-4,11-12H,5-8H2,(H,19,20)/t11-,12+/m1/s1. The number of carbonyl (C=O) groups excluding carboxylic acids is 1. The second-order valence-electron chi connectivity index (χ2n) is 5.73. The Morgan fingerprint density at radius 2 is 1.90 bits per heavy atom. The van der Waals surface area contributed by atoms with Crippen LogP contribution < -0.4 is 0 Å². The average molecular weight is 312 g/mol. The minimum Gasteiger partial charge on any atom is -0.480 e. The van der Waals surface area contributed by atoms with E-state index in [1.165, 1.54) is 4.90 Å². The lowest BCUT2D eigenvalue weighted by atomic mass is 9.94. The monoisotopic (exact) mass is 311 g/mol. The first kappa shape index (κ1) is 14.3. The highest BCUT2D eigenvalue weighted by Gasteiger charge is 2.56. The van der Waals surface area contributed by atoms with Crippen LogP contribution in [0.25, 0.3) is 0 Å². The SMILES string of the molecule is O=C(O)[C@@H]1C[C@@H](F)CN1C(=O)C1(c2ccc(Cl)cc2)CC1. The van der Waals surface area contributed by atoms with Gasteiger partial charge in [-0.3, -0.25) is 4.79 Å². The summed E-state index contributed by atoms with van der Waals surface area (Å²) in [4.78, 5) is 25.1. The smallest absolute Gasteiger partial charge is 0.326 e. The van der Waals surface area contributed by atoms with Crippen molar-refractivity contribution in [2.45, 2.75) is 36.9 Å². The molecule has 4 nitrogen and oxygen atoms in total. The number of hydrogen-bond donors (Lipinski definition) is 1. The molecular weight excluding hydrogens is 297 g/mol. The van der Waals surface area contributed by atoms with Crippen LogP contribution in [-0.2, 0) is 15.0 Å². The van der Waals surface area contributed by atoms with E-state index >= 15 is 0 Å². The molecular formula is C15H15ClFNO3. The molecule has 6 heteroatoms. The number of amides is 1. The van der Waals surface area contributed by atoms with Gasteiger partial charge in [0.2, 0.25) is 5.91 Å². The Kier molecular flexibility index (Phi) is 3.40. The molecule has 1 N–H and O–H groups in total. The Labute approximate surface area is 126 Å². The fourth-order valence-corrected chi connectivity index (χ4v) is 3.16. The minimum absolute atomic E-state index is 0.127. The zero-order chi connectivity index (χ0) is 15.2. The van der Waals surface area contributed by atoms with E-state index in [1.54, 1.807) is 24.3 Å². The molecule has 1 aliphatic carbocycles. The minimum atomic E-state index is -1.27. The Morgan fingerprint density at radius 3 is 2.43 bits per heavy atom. The largest absolute Gasteiger partial charge is 0.480 e. The van der Waals surface area contributed by atoms with Gasteiger partial charge in [-0.05, 0) is 30.5 Å². The highest BCUT2D eigenvalue weighted by Crippen LogP contribution is 2.50. The van der Waals surface area contributed by atoms with E-state index in [0.717, 1.165) is 5.56 Å². The molecule has 3 rings (SSSR count). The summed E-state index contributed by atoms with van der Waals surface area (Å²) >= 11 is 5.85. The lowest BCUT2D eigenvalue weighted by Gasteiger charge is -2.26. The molecule has 1 aromatic rings. The van der Waals surface area contributed by atoms with E-state index in [4.69, 9.17) is 16.7 Å². The van der Waals surface area contributed by atoms with Gasteiger partial charge in [-0.1, -0.05) is 23.7 Å². The van der Waals surface area contributed by atoms with Gasteiger partial charge in [0, 0.05) is 11.4 Å². The van der Waals surface area contributed by atoms with E-state index in [0.29, 0.717) is 17.9 Å². The van der Waals surface area contributed by atoms with E-state index in [2.05, 4.69) is 0 Å². The van der Waals surface area contributed by atoms with E-state index in [9.17, 15) is 14.0 Å². The van der Waals surface area contributed by atoms with Gasteiger partial charge in [-0.25, -0.2) is 9.18 Å². The molecule has 112 valence electrons. The first-order valence-corrected chi connectivity index (χ1v) is 7.26. The van der Waals surface area contributed by atoms with Crippen molar-refractivity contribution in [1.29, 1.82) is 0 Å². The molecule has 1 aromatic carbocycles. The number of rotatable bonds is 3. The maximum atomic E-state index is 13.5. The molecule has 1 heterocycles. The van der Waals surface area contributed by atoms with Crippen molar-refractivity contribution >= 4 is 23.5 Å². The Balaban J connectivity index is 1.87. The second kappa shape index (κ2) is 4.98. The van der Waals surface area contributed by atoms with Crippen molar-refractivity contribution in [3.05, 3.63) is 34.9 Å². The molecule has 0 unspecified atom stereocenters. The maximum absolute atomic E-state index is 13.5. The van der Waals surface area contributed by atoms with E-state index < -0.39 is 23.6 Å². The van der Waals surface area contributed by atoms with Gasteiger partial charge >= 0.3 is 5.97 Å². The van der Waals surface area contributed by atoms with Crippen LogP contribution in [-0.4, -0.2) is 40.6 Å². The second-order valence-corrected chi connectivity index (χ2v) is 6.17. The third-order valence-corrected chi connectivity index (χ3v) is 4.60. The van der Waals surface area contributed by atoms with Gasteiger partial charge in [-0.15, -0.1) is 0 Å². The number of nitrogens with zero attached hydrogens (tertiary/aromatic N) is 1. The molecule has 0 bridgehead atoms. The first-order chi connectivity index (χ1) is 9.94. The molecule has 0 radical (unpaired) electrons. The number of carboxylic acid groups (broad SMARTS) is 1. The molecule has 2 aliphatic rings. The summed E-state index contributed by atoms with van der Waals surface area (Å²) in [5, 5.41) is 9.74. The number of alkyl halides is 1. The molecule has 1 aliphatic heterocycles. The van der Waals surface area contributed by atoms with E-state index in [1.807, 2.05) is 0 Å². The van der Waals surface area contributed by atoms with Crippen molar-refractivity contribution in [3.63, 3.8) is 0 Å². The Bertz CT molecular complexity index is 585. The van der Waals surface area contributed by atoms with Crippen LogP contribution >= 0.6 is 11.6 Å². The number of carbonyl (C=O) groups is 2. The van der Waals surface area contributed by atoms with Gasteiger partial charge in [0.1, 0.15) is 12.2 Å². The quantitative estimate of drug-likeness (QED) is 0.932. The third-order valence-electron chi connectivity index (χ3n) is 4.35. The zero-order valence-electron chi connectivity index (χ0n) is 11.3. The fraction of sp³-hybridized carbons (Fsp3) is 0.467. The molecule has 2 atom stereocenters. The van der Waals surface area contributed by atoms with Crippen LogP contribution in [0.5, 0.6) is 0 Å². The molecule has 2 fully saturated rings. The van der Waals surface area contributed by atoms with Crippen LogP contribution in [0.15, 0.2) is 24.3 Å². The van der Waals surface area contributed by atoms with Gasteiger partial charge in [0.05, 0.1) is 12.0 Å². The van der Waals surface area contributed by atoms with Gasteiger partial charge < -0.3 is 10.0 Å².